The molecule has 0 aromatic heterocycles. The Morgan fingerprint density at radius 1 is 1.20 bits per heavy atom. The van der Waals surface area contributed by atoms with Crippen LogP contribution in [0.5, 0.6) is 0 Å². The van der Waals surface area contributed by atoms with Gasteiger partial charge >= 0.3 is 0 Å². The van der Waals surface area contributed by atoms with E-state index in [9.17, 15) is 0 Å². The van der Waals surface area contributed by atoms with Crippen molar-refractivity contribution in [2.24, 2.45) is 11.7 Å². The van der Waals surface area contributed by atoms with Crippen LogP contribution >= 0.6 is 0 Å². The molecular weight excluding hydrogens is 184 g/mol. The normalized spacial score (nSPS) is 37.0. The van der Waals surface area contributed by atoms with Crippen LogP contribution in [0.2, 0.25) is 0 Å². The number of likely N-dealkylation sites (tertiary alicyclic amines) is 1. The van der Waals surface area contributed by atoms with Gasteiger partial charge in [-0.25, -0.2) is 0 Å². The third-order valence-electron chi connectivity index (χ3n) is 4.57. The second-order valence-corrected chi connectivity index (χ2v) is 5.66. The van der Waals surface area contributed by atoms with Crippen LogP contribution in [0.4, 0.5) is 0 Å². The molecule has 2 N–H and O–H groups in total. The molecule has 2 aliphatic rings. The number of nitrogens with two attached hydrogens (primary N) is 1. The van der Waals surface area contributed by atoms with E-state index in [2.05, 4.69) is 18.7 Å². The molecule has 1 aliphatic heterocycles. The molecule has 0 radical (unpaired) electrons. The number of rotatable bonds is 2. The largest absolute Gasteiger partial charge is 0.328 e. The third-order valence-corrected chi connectivity index (χ3v) is 4.57. The molecule has 3 atom stereocenters. The fourth-order valence-corrected chi connectivity index (χ4v) is 3.54. The molecule has 0 spiro atoms. The molecule has 0 bridgehead atoms. The average Bonchev–Trinajstić information content (AvgIpc) is 2.69. The molecule has 0 aromatic rings. The number of hydrogen-bond acceptors (Lipinski definition) is 2. The first-order chi connectivity index (χ1) is 7.18. The molecule has 1 saturated heterocycles. The van der Waals surface area contributed by atoms with Crippen molar-refractivity contribution < 1.29 is 0 Å². The van der Waals surface area contributed by atoms with Gasteiger partial charge in [0.25, 0.3) is 0 Å². The molecule has 2 heteroatoms. The van der Waals surface area contributed by atoms with Gasteiger partial charge in [-0.05, 0) is 45.4 Å². The Hall–Kier alpha value is -0.0800. The predicted octanol–water partition coefficient (Wildman–Crippen LogP) is 2.38. The zero-order valence-corrected chi connectivity index (χ0v) is 10.3. The maximum Gasteiger partial charge on any atom is 0.00980 e. The molecule has 2 nitrogen and oxygen atoms in total. The van der Waals surface area contributed by atoms with E-state index in [1.807, 2.05) is 0 Å². The molecule has 1 heterocycles. The monoisotopic (exact) mass is 210 g/mol. The van der Waals surface area contributed by atoms with Crippen molar-refractivity contribution in [3.05, 3.63) is 0 Å². The first kappa shape index (κ1) is 11.4. The average molecular weight is 210 g/mol. The SMILES string of the molecule is CC1CC(N)CCN1C(C)C1CCCC1. The smallest absolute Gasteiger partial charge is 0.00980 e. The van der Waals surface area contributed by atoms with Crippen molar-refractivity contribution in [2.45, 2.75) is 70.5 Å². The quantitative estimate of drug-likeness (QED) is 0.758. The Balaban J connectivity index is 1.91. The summed E-state index contributed by atoms with van der Waals surface area (Å²) in [4.78, 5) is 2.71. The number of hydrogen-bond donors (Lipinski definition) is 1. The van der Waals surface area contributed by atoms with E-state index in [0.717, 1.165) is 12.0 Å². The predicted molar refractivity (Wildman–Crippen MR) is 64.8 cm³/mol. The summed E-state index contributed by atoms with van der Waals surface area (Å²) in [5, 5.41) is 0. The standard InChI is InChI=1S/C13H26N2/c1-10-9-13(14)7-8-15(10)11(2)12-5-3-4-6-12/h10-13H,3-9,14H2,1-2H3. The van der Waals surface area contributed by atoms with Crippen LogP contribution in [0, 0.1) is 5.92 Å². The first-order valence-electron chi connectivity index (χ1n) is 6.70. The van der Waals surface area contributed by atoms with Gasteiger partial charge in [0.05, 0.1) is 0 Å². The molecule has 0 amide bonds. The van der Waals surface area contributed by atoms with E-state index in [1.165, 1.54) is 45.1 Å². The lowest BCUT2D eigenvalue weighted by atomic mass is 9.92. The molecule has 15 heavy (non-hydrogen) atoms. The Morgan fingerprint density at radius 3 is 2.47 bits per heavy atom. The fourth-order valence-electron chi connectivity index (χ4n) is 3.54. The van der Waals surface area contributed by atoms with Gasteiger partial charge < -0.3 is 5.73 Å². The van der Waals surface area contributed by atoms with Crippen molar-refractivity contribution >= 4 is 0 Å². The number of nitrogens with zero attached hydrogens (tertiary/aromatic N) is 1. The molecule has 3 unspecified atom stereocenters. The molecule has 2 fully saturated rings. The van der Waals surface area contributed by atoms with Gasteiger partial charge in [0.2, 0.25) is 0 Å². The molecule has 1 aliphatic carbocycles. The lowest BCUT2D eigenvalue weighted by molar-refractivity contribution is 0.0733. The molecule has 1 saturated carbocycles. The van der Waals surface area contributed by atoms with Crippen LogP contribution in [0.3, 0.4) is 0 Å². The van der Waals surface area contributed by atoms with E-state index in [4.69, 9.17) is 5.73 Å². The zero-order chi connectivity index (χ0) is 10.8. The van der Waals surface area contributed by atoms with Crippen LogP contribution in [0.15, 0.2) is 0 Å². The summed E-state index contributed by atoms with van der Waals surface area (Å²) in [5.74, 6) is 0.960. The Morgan fingerprint density at radius 2 is 1.87 bits per heavy atom. The highest BCUT2D eigenvalue weighted by molar-refractivity contribution is 4.87. The van der Waals surface area contributed by atoms with Gasteiger partial charge in [-0.15, -0.1) is 0 Å². The third kappa shape index (κ3) is 2.54. The molecular formula is C13H26N2. The van der Waals surface area contributed by atoms with Crippen molar-refractivity contribution in [1.82, 2.24) is 4.90 Å². The highest BCUT2D eigenvalue weighted by atomic mass is 15.2. The number of piperidine rings is 1. The van der Waals surface area contributed by atoms with Gasteiger partial charge in [-0.2, -0.15) is 0 Å². The Kier molecular flexibility index (Phi) is 3.68. The minimum absolute atomic E-state index is 0.451. The van der Waals surface area contributed by atoms with Gasteiger partial charge in [0, 0.05) is 24.7 Å². The molecule has 88 valence electrons. The van der Waals surface area contributed by atoms with E-state index in [1.54, 1.807) is 0 Å². The van der Waals surface area contributed by atoms with Crippen LogP contribution in [-0.4, -0.2) is 29.6 Å². The van der Waals surface area contributed by atoms with Gasteiger partial charge in [-0.1, -0.05) is 12.8 Å². The van der Waals surface area contributed by atoms with Crippen molar-refractivity contribution in [2.75, 3.05) is 6.54 Å². The van der Waals surface area contributed by atoms with Crippen LogP contribution in [0.1, 0.15) is 52.4 Å². The van der Waals surface area contributed by atoms with Crippen LogP contribution < -0.4 is 5.73 Å². The van der Waals surface area contributed by atoms with Gasteiger partial charge in [0.1, 0.15) is 0 Å². The highest BCUT2D eigenvalue weighted by Crippen LogP contribution is 2.32. The van der Waals surface area contributed by atoms with Gasteiger partial charge in [-0.3, -0.25) is 4.90 Å². The van der Waals surface area contributed by atoms with Crippen molar-refractivity contribution in [1.29, 1.82) is 0 Å². The molecule has 0 aromatic carbocycles. The molecule has 2 rings (SSSR count). The second-order valence-electron chi connectivity index (χ2n) is 5.66. The first-order valence-corrected chi connectivity index (χ1v) is 6.70. The summed E-state index contributed by atoms with van der Waals surface area (Å²) in [5.41, 5.74) is 6.01. The van der Waals surface area contributed by atoms with E-state index in [-0.39, 0.29) is 0 Å². The van der Waals surface area contributed by atoms with E-state index < -0.39 is 0 Å². The second kappa shape index (κ2) is 4.84. The fraction of sp³-hybridized carbons (Fsp3) is 1.00. The highest BCUT2D eigenvalue weighted by Gasteiger charge is 2.32. The minimum Gasteiger partial charge on any atom is -0.328 e. The maximum atomic E-state index is 6.01. The minimum atomic E-state index is 0.451. The summed E-state index contributed by atoms with van der Waals surface area (Å²) >= 11 is 0. The Bertz CT molecular complexity index is 199. The van der Waals surface area contributed by atoms with Crippen LogP contribution in [0.25, 0.3) is 0 Å². The summed E-state index contributed by atoms with van der Waals surface area (Å²) in [7, 11) is 0. The van der Waals surface area contributed by atoms with Crippen molar-refractivity contribution in [3.63, 3.8) is 0 Å². The lowest BCUT2D eigenvalue weighted by Crippen LogP contribution is -2.51. The Labute approximate surface area is 94.2 Å². The van der Waals surface area contributed by atoms with Gasteiger partial charge in [0.15, 0.2) is 0 Å². The maximum absolute atomic E-state index is 6.01. The topological polar surface area (TPSA) is 29.3 Å². The van der Waals surface area contributed by atoms with Crippen LogP contribution in [-0.2, 0) is 0 Å². The van der Waals surface area contributed by atoms with E-state index in [0.29, 0.717) is 12.1 Å². The zero-order valence-electron chi connectivity index (χ0n) is 10.3. The summed E-state index contributed by atoms with van der Waals surface area (Å²) in [6.45, 7) is 6.01. The lowest BCUT2D eigenvalue weighted by Gasteiger charge is -2.42. The summed E-state index contributed by atoms with van der Waals surface area (Å²) in [6, 6.07) is 1.94. The van der Waals surface area contributed by atoms with E-state index >= 15 is 0 Å². The summed E-state index contributed by atoms with van der Waals surface area (Å²) < 4.78 is 0. The summed E-state index contributed by atoms with van der Waals surface area (Å²) in [6.07, 6.45) is 8.21. The van der Waals surface area contributed by atoms with Crippen molar-refractivity contribution in [3.8, 4) is 0 Å².